The molecule has 2 heterocycles. The molecule has 0 spiro atoms. The maximum atomic E-state index is 12.0. The van der Waals surface area contributed by atoms with Crippen LogP contribution < -0.4 is 19.5 Å². The summed E-state index contributed by atoms with van der Waals surface area (Å²) in [5.74, 6) is 1.20. The van der Waals surface area contributed by atoms with Crippen molar-refractivity contribution in [2.24, 2.45) is 10.2 Å². The monoisotopic (exact) mass is 382 g/mol. The van der Waals surface area contributed by atoms with Crippen LogP contribution in [0.25, 0.3) is 10.9 Å². The summed E-state index contributed by atoms with van der Waals surface area (Å²) in [6, 6.07) is 10.6. The number of carbonyl (C=O) groups is 1. The quantitative estimate of drug-likeness (QED) is 0.582. The number of ether oxygens (including phenoxy) is 3. The zero-order valence-electron chi connectivity index (χ0n) is 15.1. The number of azo groups is 1. The fourth-order valence-corrected chi connectivity index (χ4v) is 2.83. The Labute approximate surface area is 159 Å². The predicted octanol–water partition coefficient (Wildman–Crippen LogP) is 3.38. The lowest BCUT2D eigenvalue weighted by Crippen LogP contribution is -2.15. The third-order valence-corrected chi connectivity index (χ3v) is 4.21. The average Bonchev–Trinajstić information content (AvgIpc) is 3.03. The molecule has 0 unspecified atom stereocenters. The number of nitrogens with one attached hydrogen (secondary N) is 2. The van der Waals surface area contributed by atoms with Crippen molar-refractivity contribution in [3.63, 3.8) is 0 Å². The number of aromatic hydroxyl groups is 1. The second-order valence-electron chi connectivity index (χ2n) is 6.04. The molecule has 28 heavy (non-hydrogen) atoms. The highest BCUT2D eigenvalue weighted by Crippen LogP contribution is 2.42. The van der Waals surface area contributed by atoms with Crippen molar-refractivity contribution in [3.8, 4) is 23.1 Å². The van der Waals surface area contributed by atoms with Crippen molar-refractivity contribution in [1.29, 1.82) is 0 Å². The smallest absolute Gasteiger partial charge is 0.283 e. The Kier molecular flexibility index (Phi) is 4.71. The van der Waals surface area contributed by atoms with Gasteiger partial charge in [0.2, 0.25) is 5.88 Å². The second kappa shape index (κ2) is 7.47. The molecule has 1 aliphatic rings. The van der Waals surface area contributed by atoms with E-state index in [0.717, 1.165) is 11.4 Å². The van der Waals surface area contributed by atoms with Gasteiger partial charge >= 0.3 is 0 Å². The van der Waals surface area contributed by atoms with Crippen molar-refractivity contribution >= 4 is 28.2 Å². The number of rotatable bonds is 5. The minimum atomic E-state index is -0.484. The predicted molar refractivity (Wildman–Crippen MR) is 102 cm³/mol. The highest BCUT2D eigenvalue weighted by Gasteiger charge is 2.18. The highest BCUT2D eigenvalue weighted by molar-refractivity contribution is 5.96. The summed E-state index contributed by atoms with van der Waals surface area (Å²) in [6.07, 6.45) is 0. The molecule has 1 aliphatic heterocycles. The fourth-order valence-electron chi connectivity index (χ4n) is 2.83. The van der Waals surface area contributed by atoms with Crippen molar-refractivity contribution in [2.45, 2.75) is 0 Å². The number of H-pyrrole nitrogens is 1. The molecule has 0 radical (unpaired) electrons. The van der Waals surface area contributed by atoms with E-state index in [9.17, 15) is 9.90 Å². The number of aromatic amines is 1. The molecule has 0 bridgehead atoms. The third-order valence-electron chi connectivity index (χ3n) is 4.21. The Morgan fingerprint density at radius 1 is 1.21 bits per heavy atom. The number of hydrogen-bond acceptors (Lipinski definition) is 7. The van der Waals surface area contributed by atoms with Crippen molar-refractivity contribution in [1.82, 2.24) is 4.98 Å². The van der Waals surface area contributed by atoms with Crippen LogP contribution in [0.4, 0.5) is 11.4 Å². The Morgan fingerprint density at radius 2 is 1.93 bits per heavy atom. The van der Waals surface area contributed by atoms with Gasteiger partial charge in [-0.3, -0.25) is 4.79 Å². The van der Waals surface area contributed by atoms with E-state index in [4.69, 9.17) is 14.2 Å². The lowest BCUT2D eigenvalue weighted by Gasteiger charge is -2.17. The van der Waals surface area contributed by atoms with Gasteiger partial charge in [-0.25, -0.2) is 0 Å². The first-order valence-corrected chi connectivity index (χ1v) is 8.61. The Hall–Kier alpha value is -3.75. The maximum Gasteiger partial charge on any atom is 0.283 e. The molecule has 0 saturated heterocycles. The molecule has 0 atom stereocenters. The molecule has 9 nitrogen and oxygen atoms in total. The molecule has 9 heteroatoms. The number of nitrogens with zero attached hydrogens (tertiary/aromatic N) is 2. The first-order valence-electron chi connectivity index (χ1n) is 8.61. The first kappa shape index (κ1) is 17.7. The van der Waals surface area contributed by atoms with Crippen molar-refractivity contribution in [2.75, 3.05) is 32.2 Å². The van der Waals surface area contributed by atoms with Crippen molar-refractivity contribution in [3.05, 3.63) is 36.4 Å². The molecule has 4 rings (SSSR count). The van der Waals surface area contributed by atoms with E-state index in [2.05, 4.69) is 20.5 Å². The topological polar surface area (TPSA) is 118 Å². The molecule has 3 aromatic rings. The van der Waals surface area contributed by atoms with Crippen LogP contribution in [0.15, 0.2) is 46.6 Å². The minimum absolute atomic E-state index is 0.0364. The number of methoxy groups -OCH3 is 1. The molecule has 0 fully saturated rings. The van der Waals surface area contributed by atoms with E-state index in [-0.39, 0.29) is 18.1 Å². The first-order chi connectivity index (χ1) is 13.6. The van der Waals surface area contributed by atoms with Crippen LogP contribution in [-0.4, -0.2) is 42.9 Å². The average molecular weight is 382 g/mol. The maximum absolute atomic E-state index is 12.0. The van der Waals surface area contributed by atoms with E-state index in [1.165, 1.54) is 0 Å². The zero-order chi connectivity index (χ0) is 19.5. The van der Waals surface area contributed by atoms with Crippen LogP contribution in [0.2, 0.25) is 0 Å². The third kappa shape index (κ3) is 3.54. The van der Waals surface area contributed by atoms with E-state index >= 15 is 0 Å². The van der Waals surface area contributed by atoms with Crippen molar-refractivity contribution < 1.29 is 24.1 Å². The number of fused-ring (bicyclic) bond motifs is 2. The summed E-state index contributed by atoms with van der Waals surface area (Å²) in [7, 11) is 1.58. The van der Waals surface area contributed by atoms with Crippen LogP contribution in [0, 0.1) is 0 Å². The Morgan fingerprint density at radius 3 is 2.64 bits per heavy atom. The lowest BCUT2D eigenvalue weighted by atomic mass is 10.2. The van der Waals surface area contributed by atoms with Gasteiger partial charge in [0, 0.05) is 17.1 Å². The molecule has 3 N–H and O–H groups in total. The van der Waals surface area contributed by atoms with E-state index < -0.39 is 5.91 Å². The molecule has 1 aromatic heterocycles. The van der Waals surface area contributed by atoms with Gasteiger partial charge in [0.05, 0.1) is 19.2 Å². The highest BCUT2D eigenvalue weighted by atomic mass is 16.6. The summed E-state index contributed by atoms with van der Waals surface area (Å²) in [6.45, 7) is 0.875. The molecule has 144 valence electrons. The van der Waals surface area contributed by atoms with Crippen LogP contribution in [0.3, 0.4) is 0 Å². The standard InChI is InChI=1S/C19H18N4O5/c1-26-12-4-2-11(3-5-12)20-10-17(24)22-23-18-13-8-15-16(28-7-6-27-15)9-14(13)21-19(18)25/h2-5,8-9,20-21,25H,6-7,10H2,1H3. The lowest BCUT2D eigenvalue weighted by molar-refractivity contribution is -0.116. The number of amides is 1. The van der Waals surface area contributed by atoms with E-state index in [0.29, 0.717) is 35.6 Å². The van der Waals surface area contributed by atoms with Gasteiger partial charge in [-0.15, -0.1) is 10.2 Å². The number of benzene rings is 2. The summed E-state index contributed by atoms with van der Waals surface area (Å²) >= 11 is 0. The van der Waals surface area contributed by atoms with E-state index in [1.54, 1.807) is 43.5 Å². The second-order valence-corrected chi connectivity index (χ2v) is 6.04. The van der Waals surface area contributed by atoms with Gasteiger partial charge in [0.25, 0.3) is 5.91 Å². The molecule has 2 aromatic carbocycles. The summed E-state index contributed by atoms with van der Waals surface area (Å²) in [5.41, 5.74) is 1.53. The van der Waals surface area contributed by atoms with Gasteiger partial charge in [0.1, 0.15) is 19.0 Å². The summed E-state index contributed by atoms with van der Waals surface area (Å²) in [5, 5.41) is 21.3. The molecular formula is C19H18N4O5. The van der Waals surface area contributed by atoms with Gasteiger partial charge in [0.15, 0.2) is 17.2 Å². The number of anilines is 1. The number of carbonyl (C=O) groups excluding carboxylic acids is 1. The normalized spacial score (nSPS) is 13.0. The van der Waals surface area contributed by atoms with E-state index in [1.807, 2.05) is 0 Å². The molecule has 0 aliphatic carbocycles. The SMILES string of the molecule is COc1ccc(NCC(=O)N=Nc2c(O)[nH]c3cc4c(cc23)OCCO4)cc1. The van der Waals surface area contributed by atoms with Gasteiger partial charge < -0.3 is 29.6 Å². The van der Waals surface area contributed by atoms with Gasteiger partial charge in [-0.2, -0.15) is 0 Å². The Bertz CT molecular complexity index is 1040. The molecule has 0 saturated carbocycles. The zero-order valence-corrected chi connectivity index (χ0v) is 15.1. The minimum Gasteiger partial charge on any atom is -0.497 e. The van der Waals surface area contributed by atoms with Crippen LogP contribution in [-0.2, 0) is 4.79 Å². The number of hydrogen-bond donors (Lipinski definition) is 3. The molecular weight excluding hydrogens is 364 g/mol. The summed E-state index contributed by atoms with van der Waals surface area (Å²) < 4.78 is 16.1. The van der Waals surface area contributed by atoms with Crippen LogP contribution in [0.1, 0.15) is 0 Å². The van der Waals surface area contributed by atoms with Crippen LogP contribution in [0.5, 0.6) is 23.1 Å². The summed E-state index contributed by atoms with van der Waals surface area (Å²) in [4.78, 5) is 14.8. The number of aromatic nitrogens is 1. The van der Waals surface area contributed by atoms with Gasteiger partial charge in [-0.05, 0) is 30.3 Å². The molecule has 1 amide bonds. The Balaban J connectivity index is 1.48. The largest absolute Gasteiger partial charge is 0.497 e. The van der Waals surface area contributed by atoms with Crippen LogP contribution >= 0.6 is 0 Å². The van der Waals surface area contributed by atoms with Gasteiger partial charge in [-0.1, -0.05) is 0 Å². The fraction of sp³-hybridized carbons (Fsp3) is 0.211.